The van der Waals surface area contributed by atoms with E-state index in [4.69, 9.17) is 14.8 Å². The molecule has 156 valence electrons. The van der Waals surface area contributed by atoms with Gasteiger partial charge in [0.25, 0.3) is 0 Å². The highest BCUT2D eigenvalue weighted by atomic mass is 16.5. The number of aromatic nitrogens is 3. The molecule has 0 aliphatic heterocycles. The van der Waals surface area contributed by atoms with Crippen LogP contribution < -0.4 is 9.64 Å². The SMILES string of the molecule is CCCN(CC(C)C)c1c(CC)nc2c(-c3c(C)cc(C)cc3OC)ccnn12. The molecule has 0 atom stereocenters. The third-order valence-electron chi connectivity index (χ3n) is 5.21. The van der Waals surface area contributed by atoms with Crippen LogP contribution in [0.3, 0.4) is 0 Å². The molecule has 0 spiro atoms. The lowest BCUT2D eigenvalue weighted by molar-refractivity contribution is 0.416. The zero-order valence-electron chi connectivity index (χ0n) is 18.9. The molecule has 0 radical (unpaired) electrons. The first-order valence-electron chi connectivity index (χ1n) is 10.7. The molecule has 3 rings (SSSR count). The normalized spacial score (nSPS) is 11.4. The van der Waals surface area contributed by atoms with Crippen molar-refractivity contribution >= 4 is 11.5 Å². The second-order valence-corrected chi connectivity index (χ2v) is 8.21. The van der Waals surface area contributed by atoms with Crippen molar-refractivity contribution in [1.82, 2.24) is 14.6 Å². The van der Waals surface area contributed by atoms with E-state index in [0.29, 0.717) is 5.92 Å². The number of hydrogen-bond donors (Lipinski definition) is 0. The first-order valence-corrected chi connectivity index (χ1v) is 10.7. The molecule has 0 aliphatic carbocycles. The number of benzene rings is 1. The van der Waals surface area contributed by atoms with E-state index in [0.717, 1.165) is 60.0 Å². The maximum absolute atomic E-state index is 5.74. The molecule has 1 aromatic carbocycles. The van der Waals surface area contributed by atoms with Crippen molar-refractivity contribution in [2.24, 2.45) is 5.92 Å². The van der Waals surface area contributed by atoms with E-state index < -0.39 is 0 Å². The van der Waals surface area contributed by atoms with Crippen molar-refractivity contribution < 1.29 is 4.74 Å². The molecular formula is C24H34N4O. The summed E-state index contributed by atoms with van der Waals surface area (Å²) in [5.41, 5.74) is 6.53. The molecule has 29 heavy (non-hydrogen) atoms. The van der Waals surface area contributed by atoms with Crippen LogP contribution in [0, 0.1) is 19.8 Å². The lowest BCUT2D eigenvalue weighted by atomic mass is 9.98. The van der Waals surface area contributed by atoms with Gasteiger partial charge in [0.1, 0.15) is 5.75 Å². The Morgan fingerprint density at radius 3 is 2.55 bits per heavy atom. The molecule has 0 saturated heterocycles. The number of aryl methyl sites for hydroxylation is 3. The molecule has 0 N–H and O–H groups in total. The molecule has 2 heterocycles. The fourth-order valence-electron chi connectivity index (χ4n) is 4.16. The molecule has 0 amide bonds. The Labute approximate surface area is 174 Å². The molecule has 2 aromatic heterocycles. The maximum atomic E-state index is 5.74. The summed E-state index contributed by atoms with van der Waals surface area (Å²) in [5.74, 6) is 2.58. The van der Waals surface area contributed by atoms with E-state index >= 15 is 0 Å². The number of methoxy groups -OCH3 is 1. The minimum Gasteiger partial charge on any atom is -0.496 e. The van der Waals surface area contributed by atoms with Crippen LogP contribution in [-0.2, 0) is 6.42 Å². The molecular weight excluding hydrogens is 360 g/mol. The predicted molar refractivity (Wildman–Crippen MR) is 121 cm³/mol. The van der Waals surface area contributed by atoms with Gasteiger partial charge in [-0.3, -0.25) is 0 Å². The van der Waals surface area contributed by atoms with Crippen LogP contribution in [0.25, 0.3) is 16.8 Å². The summed E-state index contributed by atoms with van der Waals surface area (Å²) in [5, 5.41) is 4.72. The van der Waals surface area contributed by atoms with Gasteiger partial charge in [-0.05, 0) is 55.9 Å². The lowest BCUT2D eigenvalue weighted by Gasteiger charge is -2.26. The summed E-state index contributed by atoms with van der Waals surface area (Å²) in [6.07, 6.45) is 3.85. The third-order valence-corrected chi connectivity index (χ3v) is 5.21. The van der Waals surface area contributed by atoms with Gasteiger partial charge in [-0.25, -0.2) is 4.98 Å². The Morgan fingerprint density at radius 2 is 1.93 bits per heavy atom. The molecule has 0 saturated carbocycles. The van der Waals surface area contributed by atoms with Crippen molar-refractivity contribution in [1.29, 1.82) is 0 Å². The van der Waals surface area contributed by atoms with Crippen LogP contribution in [0.4, 0.5) is 5.82 Å². The first-order chi connectivity index (χ1) is 13.9. The summed E-state index contributed by atoms with van der Waals surface area (Å²) in [4.78, 5) is 7.50. The monoisotopic (exact) mass is 394 g/mol. The fraction of sp³-hybridized carbons (Fsp3) is 0.500. The molecule has 5 heteroatoms. The van der Waals surface area contributed by atoms with Gasteiger partial charge >= 0.3 is 0 Å². The molecule has 0 unspecified atom stereocenters. The Kier molecular flexibility index (Phi) is 6.46. The van der Waals surface area contributed by atoms with Gasteiger partial charge in [-0.2, -0.15) is 9.61 Å². The fourth-order valence-corrected chi connectivity index (χ4v) is 4.16. The number of rotatable bonds is 8. The van der Waals surface area contributed by atoms with Gasteiger partial charge in [0.2, 0.25) is 0 Å². The molecule has 3 aromatic rings. The topological polar surface area (TPSA) is 42.7 Å². The number of hydrogen-bond acceptors (Lipinski definition) is 4. The van der Waals surface area contributed by atoms with Gasteiger partial charge < -0.3 is 9.64 Å². The number of imidazole rings is 1. The van der Waals surface area contributed by atoms with E-state index in [2.05, 4.69) is 64.6 Å². The minimum absolute atomic E-state index is 0.569. The molecule has 0 bridgehead atoms. The van der Waals surface area contributed by atoms with Crippen molar-refractivity contribution in [2.75, 3.05) is 25.1 Å². The van der Waals surface area contributed by atoms with Gasteiger partial charge in [0, 0.05) is 30.4 Å². The highest BCUT2D eigenvalue weighted by molar-refractivity contribution is 5.85. The van der Waals surface area contributed by atoms with Crippen molar-refractivity contribution in [3.8, 4) is 16.9 Å². The van der Waals surface area contributed by atoms with Crippen LogP contribution >= 0.6 is 0 Å². The minimum atomic E-state index is 0.569. The average molecular weight is 395 g/mol. The van der Waals surface area contributed by atoms with E-state index in [1.54, 1.807) is 7.11 Å². The molecule has 5 nitrogen and oxygen atoms in total. The Morgan fingerprint density at radius 1 is 1.17 bits per heavy atom. The zero-order chi connectivity index (χ0) is 21.1. The smallest absolute Gasteiger partial charge is 0.164 e. The molecule has 0 aliphatic rings. The number of ether oxygens (including phenoxy) is 1. The van der Waals surface area contributed by atoms with Crippen LogP contribution in [0.1, 0.15) is 50.9 Å². The second-order valence-electron chi connectivity index (χ2n) is 8.21. The number of fused-ring (bicyclic) bond motifs is 1. The van der Waals surface area contributed by atoms with Crippen LogP contribution in [0.2, 0.25) is 0 Å². The van der Waals surface area contributed by atoms with E-state index in [1.165, 1.54) is 11.1 Å². The quantitative estimate of drug-likeness (QED) is 0.509. The van der Waals surface area contributed by atoms with Crippen LogP contribution in [0.15, 0.2) is 24.4 Å². The first kappa shape index (κ1) is 21.2. The Balaban J connectivity index is 2.28. The van der Waals surface area contributed by atoms with Crippen LogP contribution in [0.5, 0.6) is 5.75 Å². The maximum Gasteiger partial charge on any atom is 0.164 e. The summed E-state index contributed by atoms with van der Waals surface area (Å²) in [6, 6.07) is 6.34. The summed E-state index contributed by atoms with van der Waals surface area (Å²) in [7, 11) is 1.73. The Bertz CT molecular complexity index is 990. The van der Waals surface area contributed by atoms with Crippen molar-refractivity contribution in [3.63, 3.8) is 0 Å². The highest BCUT2D eigenvalue weighted by Crippen LogP contribution is 2.37. The average Bonchev–Trinajstić information content (AvgIpc) is 3.05. The van der Waals surface area contributed by atoms with Gasteiger partial charge in [0.05, 0.1) is 12.8 Å². The van der Waals surface area contributed by atoms with Crippen molar-refractivity contribution in [3.05, 3.63) is 41.2 Å². The lowest BCUT2D eigenvalue weighted by Crippen LogP contribution is -2.30. The highest BCUT2D eigenvalue weighted by Gasteiger charge is 2.22. The Hall–Kier alpha value is -2.56. The summed E-state index contributed by atoms with van der Waals surface area (Å²) in [6.45, 7) is 15.1. The largest absolute Gasteiger partial charge is 0.496 e. The van der Waals surface area contributed by atoms with E-state index in [1.807, 2.05) is 10.7 Å². The molecule has 0 fully saturated rings. The van der Waals surface area contributed by atoms with Crippen LogP contribution in [-0.4, -0.2) is 34.8 Å². The predicted octanol–water partition coefficient (Wildman–Crippen LogP) is 5.46. The number of anilines is 1. The van der Waals surface area contributed by atoms with Gasteiger partial charge in [-0.15, -0.1) is 0 Å². The summed E-state index contributed by atoms with van der Waals surface area (Å²) < 4.78 is 7.78. The van der Waals surface area contributed by atoms with Crippen molar-refractivity contribution in [2.45, 2.75) is 54.4 Å². The van der Waals surface area contributed by atoms with Gasteiger partial charge in [0.15, 0.2) is 11.5 Å². The summed E-state index contributed by atoms with van der Waals surface area (Å²) >= 11 is 0. The van der Waals surface area contributed by atoms with Gasteiger partial charge in [-0.1, -0.05) is 33.8 Å². The van der Waals surface area contributed by atoms with E-state index in [-0.39, 0.29) is 0 Å². The van der Waals surface area contributed by atoms with E-state index in [9.17, 15) is 0 Å². The third kappa shape index (κ3) is 4.09. The number of nitrogens with zero attached hydrogens (tertiary/aromatic N) is 4. The zero-order valence-corrected chi connectivity index (χ0v) is 18.9. The standard InChI is InChI=1S/C24H34N4O/c1-8-12-27(15-16(3)4)24-20(9-2)26-23-19(10-11-25-28(23)24)22-18(6)13-17(5)14-21(22)29-7/h10-11,13-14,16H,8-9,12,15H2,1-7H3. The second kappa shape index (κ2) is 8.85.